The van der Waals surface area contributed by atoms with Crippen LogP contribution in [-0.2, 0) is 9.59 Å². The van der Waals surface area contributed by atoms with E-state index in [0.29, 0.717) is 5.70 Å². The van der Waals surface area contributed by atoms with E-state index in [1.54, 1.807) is 6.08 Å². The van der Waals surface area contributed by atoms with Crippen molar-refractivity contribution in [3.63, 3.8) is 0 Å². The van der Waals surface area contributed by atoms with E-state index in [1.807, 2.05) is 27.7 Å². The van der Waals surface area contributed by atoms with Gasteiger partial charge in [-0.2, -0.15) is 0 Å². The van der Waals surface area contributed by atoms with E-state index in [2.05, 4.69) is 10.6 Å². The number of hydrogen-bond donors (Lipinski definition) is 2. The zero-order chi connectivity index (χ0) is 11.6. The van der Waals surface area contributed by atoms with Gasteiger partial charge < -0.3 is 10.6 Å². The van der Waals surface area contributed by atoms with Crippen LogP contribution in [0.25, 0.3) is 0 Å². The van der Waals surface area contributed by atoms with Crippen LogP contribution in [0, 0.1) is 11.8 Å². The van der Waals surface area contributed by atoms with Crippen LogP contribution in [0.15, 0.2) is 11.8 Å². The third-order valence-corrected chi connectivity index (χ3v) is 2.24. The lowest BCUT2D eigenvalue weighted by Crippen LogP contribution is -2.56. The molecule has 0 radical (unpaired) electrons. The van der Waals surface area contributed by atoms with Crippen molar-refractivity contribution in [3.05, 3.63) is 11.8 Å². The van der Waals surface area contributed by atoms with Gasteiger partial charge in [0.1, 0.15) is 11.7 Å². The summed E-state index contributed by atoms with van der Waals surface area (Å²) in [5, 5.41) is 5.34. The molecule has 0 spiro atoms. The molecule has 84 valence electrons. The van der Waals surface area contributed by atoms with E-state index in [1.165, 1.54) is 0 Å². The Hall–Kier alpha value is -1.32. The third kappa shape index (κ3) is 2.81. The molecule has 0 aliphatic carbocycles. The lowest BCUT2D eigenvalue weighted by molar-refractivity contribution is -0.132. The Bertz CT molecular complexity index is 306. The molecule has 1 atom stereocenters. The van der Waals surface area contributed by atoms with Gasteiger partial charge in [-0.1, -0.05) is 33.8 Å². The molecule has 1 fully saturated rings. The second-order valence-electron chi connectivity index (χ2n) is 4.51. The summed E-state index contributed by atoms with van der Waals surface area (Å²) in [6.45, 7) is 7.73. The number of carbonyl (C=O) groups excluding carboxylic acids is 2. The molecule has 0 aromatic carbocycles. The van der Waals surface area contributed by atoms with Gasteiger partial charge in [0.2, 0.25) is 5.91 Å². The van der Waals surface area contributed by atoms with Crippen LogP contribution in [-0.4, -0.2) is 17.9 Å². The first-order chi connectivity index (χ1) is 6.91. The maximum Gasteiger partial charge on any atom is 0.268 e. The predicted molar refractivity (Wildman–Crippen MR) is 57.8 cm³/mol. The fourth-order valence-corrected chi connectivity index (χ4v) is 1.47. The molecule has 1 unspecified atom stereocenters. The smallest absolute Gasteiger partial charge is 0.268 e. The van der Waals surface area contributed by atoms with Crippen molar-refractivity contribution in [1.82, 2.24) is 10.6 Å². The molecule has 2 amide bonds. The number of allylic oxidation sites excluding steroid dienone is 1. The van der Waals surface area contributed by atoms with Crippen LogP contribution in [0.1, 0.15) is 27.7 Å². The molecular formula is C11H18N2O2. The summed E-state index contributed by atoms with van der Waals surface area (Å²) in [5.74, 6) is 0.0229. The molecule has 15 heavy (non-hydrogen) atoms. The molecular weight excluding hydrogens is 192 g/mol. The van der Waals surface area contributed by atoms with Gasteiger partial charge in [-0.15, -0.1) is 0 Å². The van der Waals surface area contributed by atoms with Gasteiger partial charge in [0.15, 0.2) is 0 Å². The zero-order valence-corrected chi connectivity index (χ0v) is 9.63. The SMILES string of the molecule is CC(C)/C=C1/NC(=O)C(C(C)C)NC1=O. The molecule has 1 heterocycles. The highest BCUT2D eigenvalue weighted by atomic mass is 16.2. The molecule has 0 aromatic heterocycles. The van der Waals surface area contributed by atoms with Crippen LogP contribution in [0.2, 0.25) is 0 Å². The van der Waals surface area contributed by atoms with Crippen LogP contribution in [0.3, 0.4) is 0 Å². The summed E-state index contributed by atoms with van der Waals surface area (Å²) < 4.78 is 0. The van der Waals surface area contributed by atoms with E-state index in [9.17, 15) is 9.59 Å². The number of carbonyl (C=O) groups is 2. The van der Waals surface area contributed by atoms with Crippen LogP contribution in [0.4, 0.5) is 0 Å². The summed E-state index contributed by atoms with van der Waals surface area (Å²) in [7, 11) is 0. The second-order valence-corrected chi connectivity index (χ2v) is 4.51. The lowest BCUT2D eigenvalue weighted by Gasteiger charge is -2.27. The first kappa shape index (κ1) is 11.8. The molecule has 0 saturated carbocycles. The predicted octanol–water partition coefficient (Wildman–Crippen LogP) is 0.797. The Labute approximate surface area is 90.1 Å². The largest absolute Gasteiger partial charge is 0.339 e. The highest BCUT2D eigenvalue weighted by Crippen LogP contribution is 2.10. The number of hydrogen-bond acceptors (Lipinski definition) is 2. The maximum absolute atomic E-state index is 11.6. The lowest BCUT2D eigenvalue weighted by atomic mass is 10.0. The minimum atomic E-state index is -0.415. The fourth-order valence-electron chi connectivity index (χ4n) is 1.47. The van der Waals surface area contributed by atoms with E-state index in [0.717, 1.165) is 0 Å². The monoisotopic (exact) mass is 210 g/mol. The van der Waals surface area contributed by atoms with Crippen molar-refractivity contribution in [3.8, 4) is 0 Å². The van der Waals surface area contributed by atoms with Gasteiger partial charge in [-0.3, -0.25) is 9.59 Å². The minimum Gasteiger partial charge on any atom is -0.339 e. The van der Waals surface area contributed by atoms with Crippen LogP contribution >= 0.6 is 0 Å². The van der Waals surface area contributed by atoms with Crippen molar-refractivity contribution in [2.24, 2.45) is 11.8 Å². The summed E-state index contributed by atoms with van der Waals surface area (Å²) in [5.41, 5.74) is 0.368. The van der Waals surface area contributed by atoms with Gasteiger partial charge in [-0.05, 0) is 11.8 Å². The van der Waals surface area contributed by atoms with Gasteiger partial charge in [0.25, 0.3) is 5.91 Å². The normalized spacial score (nSPS) is 24.7. The molecule has 0 aromatic rings. The Morgan fingerprint density at radius 2 is 1.80 bits per heavy atom. The van der Waals surface area contributed by atoms with Crippen LogP contribution in [0.5, 0.6) is 0 Å². The summed E-state index contributed by atoms with van der Waals surface area (Å²) >= 11 is 0. The first-order valence-electron chi connectivity index (χ1n) is 5.25. The minimum absolute atomic E-state index is 0.106. The topological polar surface area (TPSA) is 58.2 Å². The number of amides is 2. The average molecular weight is 210 g/mol. The number of rotatable bonds is 2. The van der Waals surface area contributed by atoms with Crippen molar-refractivity contribution >= 4 is 11.8 Å². The van der Waals surface area contributed by atoms with E-state index >= 15 is 0 Å². The quantitative estimate of drug-likeness (QED) is 0.662. The Morgan fingerprint density at radius 1 is 1.20 bits per heavy atom. The zero-order valence-electron chi connectivity index (χ0n) is 9.63. The van der Waals surface area contributed by atoms with Crippen LogP contribution < -0.4 is 10.6 Å². The molecule has 1 rings (SSSR count). The molecule has 1 aliphatic rings. The summed E-state index contributed by atoms with van der Waals surface area (Å²) in [6, 6.07) is -0.415. The van der Waals surface area contributed by atoms with Crippen molar-refractivity contribution in [1.29, 1.82) is 0 Å². The highest BCUT2D eigenvalue weighted by Gasteiger charge is 2.31. The Kier molecular flexibility index (Phi) is 3.50. The highest BCUT2D eigenvalue weighted by molar-refractivity contribution is 6.04. The molecule has 1 aliphatic heterocycles. The molecule has 1 saturated heterocycles. The van der Waals surface area contributed by atoms with Crippen molar-refractivity contribution in [2.45, 2.75) is 33.7 Å². The summed E-state index contributed by atoms with van der Waals surface area (Å²) in [6.07, 6.45) is 1.75. The molecule has 0 bridgehead atoms. The molecule has 4 heteroatoms. The Balaban J connectivity index is 2.80. The Morgan fingerprint density at radius 3 is 2.27 bits per heavy atom. The first-order valence-corrected chi connectivity index (χ1v) is 5.25. The van der Waals surface area contributed by atoms with Gasteiger partial charge in [0, 0.05) is 0 Å². The van der Waals surface area contributed by atoms with Gasteiger partial charge in [0.05, 0.1) is 0 Å². The standard InChI is InChI=1S/C11H18N2O2/c1-6(2)5-8-10(14)13-9(7(3)4)11(15)12-8/h5-7,9H,1-4H3,(H,12,15)(H,13,14)/b8-5+. The van der Waals surface area contributed by atoms with Gasteiger partial charge >= 0.3 is 0 Å². The maximum atomic E-state index is 11.6. The van der Waals surface area contributed by atoms with E-state index in [-0.39, 0.29) is 23.7 Å². The van der Waals surface area contributed by atoms with E-state index in [4.69, 9.17) is 0 Å². The second kappa shape index (κ2) is 4.47. The van der Waals surface area contributed by atoms with Crippen molar-refractivity contribution in [2.75, 3.05) is 0 Å². The number of nitrogens with one attached hydrogen (secondary N) is 2. The summed E-state index contributed by atoms with van der Waals surface area (Å²) in [4.78, 5) is 23.2. The van der Waals surface area contributed by atoms with Gasteiger partial charge in [-0.25, -0.2) is 0 Å². The third-order valence-electron chi connectivity index (χ3n) is 2.24. The number of piperazine rings is 1. The fraction of sp³-hybridized carbons (Fsp3) is 0.636. The molecule has 4 nitrogen and oxygen atoms in total. The van der Waals surface area contributed by atoms with E-state index < -0.39 is 6.04 Å². The van der Waals surface area contributed by atoms with Crippen molar-refractivity contribution < 1.29 is 9.59 Å². The molecule has 2 N–H and O–H groups in total. The average Bonchev–Trinajstić information content (AvgIpc) is 2.09.